The Bertz CT molecular complexity index is 730. The molecule has 0 aliphatic carbocycles. The Morgan fingerprint density at radius 1 is 1.03 bits per heavy atom. The summed E-state index contributed by atoms with van der Waals surface area (Å²) in [6.07, 6.45) is 0.284. The van der Waals surface area contributed by atoms with Crippen LogP contribution >= 0.6 is 0 Å². The number of nitrogens with one attached hydrogen (secondary N) is 1. The third-order valence-corrected chi connectivity index (χ3v) is 7.06. The van der Waals surface area contributed by atoms with Gasteiger partial charge in [0.2, 0.25) is 11.8 Å². The monoisotopic (exact) mass is 527 g/mol. The van der Waals surface area contributed by atoms with Crippen LogP contribution in [0.25, 0.3) is 0 Å². The van der Waals surface area contributed by atoms with E-state index in [2.05, 4.69) is 10.2 Å². The van der Waals surface area contributed by atoms with Gasteiger partial charge in [-0.3, -0.25) is 19.3 Å². The standard InChI is InChI=1S/C28H53N3O6/c1-12-20(6)25(21(35-11)17-22(32)37-28(7,8)9)30(10)27(34)23(18(2)3)29-26(33)24(19(4)5)31-13-15-36-16-14-31/h18-21,23-25H,12-17H2,1-11H3,(H,29,33)/t20-,21+,23-,24-,25-/m0/s1. The summed E-state index contributed by atoms with van der Waals surface area (Å²) in [6, 6.07) is -1.41. The van der Waals surface area contributed by atoms with Gasteiger partial charge in [0, 0.05) is 27.2 Å². The third-order valence-electron chi connectivity index (χ3n) is 7.06. The van der Waals surface area contributed by atoms with Gasteiger partial charge < -0.3 is 24.4 Å². The summed E-state index contributed by atoms with van der Waals surface area (Å²) in [5.74, 6) is -0.688. The zero-order valence-corrected chi connectivity index (χ0v) is 25.1. The van der Waals surface area contributed by atoms with E-state index in [1.54, 1.807) is 19.1 Å². The number of ether oxygens (including phenoxy) is 3. The van der Waals surface area contributed by atoms with Crippen LogP contribution in [-0.4, -0.2) is 97.9 Å². The second-order valence-corrected chi connectivity index (χ2v) is 12.0. The summed E-state index contributed by atoms with van der Waals surface area (Å²) in [6.45, 7) is 20.1. The van der Waals surface area contributed by atoms with Gasteiger partial charge in [-0.25, -0.2) is 0 Å². The molecule has 37 heavy (non-hydrogen) atoms. The molecule has 1 aliphatic heterocycles. The van der Waals surface area contributed by atoms with Gasteiger partial charge in [-0.1, -0.05) is 48.0 Å². The van der Waals surface area contributed by atoms with E-state index < -0.39 is 17.7 Å². The summed E-state index contributed by atoms with van der Waals surface area (Å²) in [5.41, 5.74) is -0.608. The number of hydrogen-bond donors (Lipinski definition) is 1. The van der Waals surface area contributed by atoms with Gasteiger partial charge in [0.05, 0.1) is 37.8 Å². The van der Waals surface area contributed by atoms with E-state index >= 15 is 0 Å². The Morgan fingerprint density at radius 3 is 2.03 bits per heavy atom. The minimum absolute atomic E-state index is 0.0333. The van der Waals surface area contributed by atoms with Crippen molar-refractivity contribution in [2.45, 2.75) is 105 Å². The number of likely N-dealkylation sites (N-methyl/N-ethyl adjacent to an activating group) is 1. The molecule has 0 unspecified atom stereocenters. The molecule has 1 heterocycles. The van der Waals surface area contributed by atoms with Crippen LogP contribution in [0.15, 0.2) is 0 Å². The van der Waals surface area contributed by atoms with E-state index in [4.69, 9.17) is 14.2 Å². The molecule has 0 aromatic rings. The van der Waals surface area contributed by atoms with Crippen LogP contribution < -0.4 is 5.32 Å². The number of hydrogen-bond acceptors (Lipinski definition) is 7. The highest BCUT2D eigenvalue weighted by atomic mass is 16.6. The lowest BCUT2D eigenvalue weighted by molar-refractivity contribution is -0.161. The van der Waals surface area contributed by atoms with Crippen LogP contribution in [0.3, 0.4) is 0 Å². The molecule has 1 N–H and O–H groups in total. The van der Waals surface area contributed by atoms with Crippen molar-refractivity contribution in [3.63, 3.8) is 0 Å². The molecule has 1 rings (SSSR count). The van der Waals surface area contributed by atoms with E-state index in [1.807, 2.05) is 62.3 Å². The van der Waals surface area contributed by atoms with Crippen LogP contribution in [0.4, 0.5) is 0 Å². The molecular weight excluding hydrogens is 474 g/mol. The highest BCUT2D eigenvalue weighted by molar-refractivity contribution is 5.90. The molecule has 9 nitrogen and oxygen atoms in total. The first-order valence-corrected chi connectivity index (χ1v) is 13.8. The fraction of sp³-hybridized carbons (Fsp3) is 0.893. The Morgan fingerprint density at radius 2 is 1.59 bits per heavy atom. The summed E-state index contributed by atoms with van der Waals surface area (Å²) in [4.78, 5) is 43.8. The fourth-order valence-corrected chi connectivity index (χ4v) is 4.99. The molecular formula is C28H53N3O6. The summed E-state index contributed by atoms with van der Waals surface area (Å²) < 4.78 is 16.8. The highest BCUT2D eigenvalue weighted by Gasteiger charge is 2.39. The van der Waals surface area contributed by atoms with E-state index in [-0.39, 0.29) is 54.0 Å². The number of nitrogens with zero attached hydrogens (tertiary/aromatic N) is 2. The van der Waals surface area contributed by atoms with E-state index in [1.165, 1.54) is 0 Å². The molecule has 2 amide bonds. The average Bonchev–Trinajstić information content (AvgIpc) is 2.80. The normalized spacial score (nSPS) is 19.2. The second-order valence-electron chi connectivity index (χ2n) is 12.0. The van der Waals surface area contributed by atoms with Gasteiger partial charge in [-0.05, 0) is 38.5 Å². The number of methoxy groups -OCH3 is 1. The Kier molecular flexibility index (Phi) is 13.5. The van der Waals surface area contributed by atoms with E-state index in [0.29, 0.717) is 26.3 Å². The smallest absolute Gasteiger partial charge is 0.309 e. The van der Waals surface area contributed by atoms with Crippen molar-refractivity contribution in [2.75, 3.05) is 40.5 Å². The highest BCUT2D eigenvalue weighted by Crippen LogP contribution is 2.24. The molecule has 1 aliphatic rings. The van der Waals surface area contributed by atoms with Gasteiger partial charge in [0.15, 0.2) is 0 Å². The third kappa shape index (κ3) is 10.2. The number of esters is 1. The van der Waals surface area contributed by atoms with Crippen LogP contribution in [0.5, 0.6) is 0 Å². The number of carbonyl (C=O) groups excluding carboxylic acids is 3. The van der Waals surface area contributed by atoms with Crippen molar-refractivity contribution in [2.24, 2.45) is 17.8 Å². The first-order chi connectivity index (χ1) is 17.1. The first kappa shape index (κ1) is 33.3. The number of amides is 2. The summed E-state index contributed by atoms with van der Waals surface area (Å²) in [5, 5.41) is 3.07. The van der Waals surface area contributed by atoms with Gasteiger partial charge in [0.1, 0.15) is 11.6 Å². The van der Waals surface area contributed by atoms with Crippen molar-refractivity contribution >= 4 is 17.8 Å². The fourth-order valence-electron chi connectivity index (χ4n) is 4.99. The van der Waals surface area contributed by atoms with E-state index in [0.717, 1.165) is 6.42 Å². The van der Waals surface area contributed by atoms with Crippen molar-refractivity contribution in [3.05, 3.63) is 0 Å². The maximum atomic E-state index is 13.9. The minimum Gasteiger partial charge on any atom is -0.460 e. The molecule has 216 valence electrons. The zero-order chi connectivity index (χ0) is 28.5. The van der Waals surface area contributed by atoms with Gasteiger partial charge in [0.25, 0.3) is 0 Å². The molecule has 9 heteroatoms. The van der Waals surface area contributed by atoms with Crippen LogP contribution in [0.1, 0.15) is 75.2 Å². The summed E-state index contributed by atoms with van der Waals surface area (Å²) >= 11 is 0. The maximum Gasteiger partial charge on any atom is 0.309 e. The molecule has 0 aromatic heterocycles. The Balaban J connectivity index is 3.15. The number of rotatable bonds is 13. The SMILES string of the molecule is CC[C@H](C)[C@@H]([C@@H](CC(=O)OC(C)(C)C)OC)N(C)C(=O)[C@@H](NC(=O)[C@H](C(C)C)N1CCOCC1)C(C)C. The molecule has 1 saturated heterocycles. The second kappa shape index (κ2) is 15.0. The number of carbonyl (C=O) groups is 3. The lowest BCUT2D eigenvalue weighted by Gasteiger charge is -2.41. The Labute approximate surface area is 224 Å². The van der Waals surface area contributed by atoms with Crippen LogP contribution in [-0.2, 0) is 28.6 Å². The van der Waals surface area contributed by atoms with Gasteiger partial charge in [-0.2, -0.15) is 0 Å². The van der Waals surface area contributed by atoms with Crippen LogP contribution in [0.2, 0.25) is 0 Å². The summed E-state index contributed by atoms with van der Waals surface area (Å²) in [7, 11) is 3.30. The van der Waals surface area contributed by atoms with Gasteiger partial charge in [-0.15, -0.1) is 0 Å². The predicted octanol–water partition coefficient (Wildman–Crippen LogP) is 3.10. The van der Waals surface area contributed by atoms with E-state index in [9.17, 15) is 14.4 Å². The largest absolute Gasteiger partial charge is 0.460 e. The average molecular weight is 528 g/mol. The molecule has 0 bridgehead atoms. The van der Waals surface area contributed by atoms with Gasteiger partial charge >= 0.3 is 5.97 Å². The number of morpholine rings is 1. The molecule has 0 saturated carbocycles. The quantitative estimate of drug-likeness (QED) is 0.368. The first-order valence-electron chi connectivity index (χ1n) is 13.8. The molecule has 0 aromatic carbocycles. The molecule has 0 radical (unpaired) electrons. The lowest BCUT2D eigenvalue weighted by atomic mass is 9.90. The molecule has 0 spiro atoms. The predicted molar refractivity (Wildman–Crippen MR) is 145 cm³/mol. The topological polar surface area (TPSA) is 97.4 Å². The van der Waals surface area contributed by atoms with Crippen molar-refractivity contribution in [1.29, 1.82) is 0 Å². The lowest BCUT2D eigenvalue weighted by Crippen LogP contribution is -2.60. The Hall–Kier alpha value is -1.71. The van der Waals surface area contributed by atoms with Crippen LogP contribution in [0, 0.1) is 17.8 Å². The molecule has 5 atom stereocenters. The van der Waals surface area contributed by atoms with Crippen molar-refractivity contribution < 1.29 is 28.6 Å². The minimum atomic E-state index is -0.703. The maximum absolute atomic E-state index is 13.9. The van der Waals surface area contributed by atoms with Crippen molar-refractivity contribution in [3.8, 4) is 0 Å². The zero-order valence-electron chi connectivity index (χ0n) is 25.1. The van der Waals surface area contributed by atoms with Crippen molar-refractivity contribution in [1.82, 2.24) is 15.1 Å². The molecule has 1 fully saturated rings.